The maximum Gasteiger partial charge on any atom is 0.258 e. The van der Waals surface area contributed by atoms with Crippen molar-refractivity contribution in [3.05, 3.63) is 34.1 Å². The predicted molar refractivity (Wildman–Crippen MR) is 75.7 cm³/mol. The van der Waals surface area contributed by atoms with E-state index in [0.717, 1.165) is 28.4 Å². The van der Waals surface area contributed by atoms with Crippen LogP contribution in [-0.2, 0) is 0 Å². The van der Waals surface area contributed by atoms with Gasteiger partial charge in [-0.25, -0.2) is 0 Å². The number of hydrogen-bond acceptors (Lipinski definition) is 3. The van der Waals surface area contributed by atoms with Crippen LogP contribution in [0.5, 0.6) is 0 Å². The van der Waals surface area contributed by atoms with Crippen molar-refractivity contribution in [3.63, 3.8) is 0 Å². The summed E-state index contributed by atoms with van der Waals surface area (Å²) in [4.78, 5) is 4.36. The third kappa shape index (κ3) is 2.93. The Bertz CT molecular complexity index is 542. The average Bonchev–Trinajstić information content (AvgIpc) is 2.78. The second-order valence-corrected chi connectivity index (χ2v) is 5.62. The molecule has 0 spiro atoms. The van der Waals surface area contributed by atoms with Gasteiger partial charge < -0.3 is 4.52 Å². The molecule has 0 bridgehead atoms. The van der Waals surface area contributed by atoms with Gasteiger partial charge in [0.1, 0.15) is 0 Å². The van der Waals surface area contributed by atoms with E-state index >= 15 is 0 Å². The molecule has 5 heteroatoms. The van der Waals surface area contributed by atoms with Crippen LogP contribution < -0.4 is 0 Å². The van der Waals surface area contributed by atoms with E-state index in [-0.39, 0.29) is 5.38 Å². The number of aromatic nitrogens is 2. The second-order valence-electron chi connectivity index (χ2n) is 4.17. The molecule has 1 atom stereocenters. The minimum Gasteiger partial charge on any atom is -0.334 e. The first-order valence-corrected chi connectivity index (χ1v) is 7.09. The molecular formula is C13H14BrClN2O. The van der Waals surface area contributed by atoms with Gasteiger partial charge in [-0.3, -0.25) is 0 Å². The Labute approximate surface area is 120 Å². The molecule has 1 heterocycles. The van der Waals surface area contributed by atoms with Gasteiger partial charge >= 0.3 is 0 Å². The lowest BCUT2D eigenvalue weighted by Crippen LogP contribution is -1.92. The molecule has 96 valence electrons. The molecule has 0 fully saturated rings. The maximum atomic E-state index is 6.18. The third-order valence-corrected chi connectivity index (χ3v) is 3.59. The summed E-state index contributed by atoms with van der Waals surface area (Å²) in [5, 5.41) is 3.77. The van der Waals surface area contributed by atoms with E-state index in [2.05, 4.69) is 33.0 Å². The summed E-state index contributed by atoms with van der Waals surface area (Å²) >= 11 is 9.61. The zero-order chi connectivity index (χ0) is 13.1. The van der Waals surface area contributed by atoms with Gasteiger partial charge in [0.15, 0.2) is 5.82 Å². The highest BCUT2D eigenvalue weighted by molar-refractivity contribution is 9.10. The molecule has 2 rings (SSSR count). The largest absolute Gasteiger partial charge is 0.334 e. The van der Waals surface area contributed by atoms with Crippen LogP contribution in [0.15, 0.2) is 27.2 Å². The second kappa shape index (κ2) is 5.85. The SMILES string of the molecule is CCCC(Cl)c1noc(-c2ccc(Br)cc2C)n1. The molecular weight excluding hydrogens is 316 g/mol. The number of halogens is 2. The first-order valence-electron chi connectivity index (χ1n) is 5.86. The van der Waals surface area contributed by atoms with Crippen molar-refractivity contribution in [1.29, 1.82) is 0 Å². The van der Waals surface area contributed by atoms with Gasteiger partial charge in [0.25, 0.3) is 5.89 Å². The minimum atomic E-state index is -0.178. The van der Waals surface area contributed by atoms with Crippen molar-refractivity contribution in [2.45, 2.75) is 32.1 Å². The van der Waals surface area contributed by atoms with Gasteiger partial charge in [0.2, 0.25) is 0 Å². The number of benzene rings is 1. The molecule has 0 aliphatic heterocycles. The Balaban J connectivity index is 2.29. The summed E-state index contributed by atoms with van der Waals surface area (Å²) in [6, 6.07) is 5.93. The van der Waals surface area contributed by atoms with Crippen LogP contribution in [0.3, 0.4) is 0 Å². The Kier molecular flexibility index (Phi) is 4.40. The van der Waals surface area contributed by atoms with Gasteiger partial charge in [0.05, 0.1) is 5.38 Å². The highest BCUT2D eigenvalue weighted by Gasteiger charge is 2.16. The van der Waals surface area contributed by atoms with Gasteiger partial charge in [0, 0.05) is 10.0 Å². The van der Waals surface area contributed by atoms with Crippen LogP contribution in [0.2, 0.25) is 0 Å². The monoisotopic (exact) mass is 328 g/mol. The minimum absolute atomic E-state index is 0.178. The number of hydrogen-bond donors (Lipinski definition) is 0. The van der Waals surface area contributed by atoms with Crippen molar-refractivity contribution in [2.75, 3.05) is 0 Å². The summed E-state index contributed by atoms with van der Waals surface area (Å²) in [5.41, 5.74) is 2.03. The molecule has 18 heavy (non-hydrogen) atoms. The number of aryl methyl sites for hydroxylation is 1. The molecule has 1 unspecified atom stereocenters. The number of alkyl halides is 1. The van der Waals surface area contributed by atoms with Gasteiger partial charge in [-0.2, -0.15) is 4.98 Å². The smallest absolute Gasteiger partial charge is 0.258 e. The molecule has 0 radical (unpaired) electrons. The lowest BCUT2D eigenvalue weighted by Gasteiger charge is -2.01. The van der Waals surface area contributed by atoms with Gasteiger partial charge in [-0.15, -0.1) is 11.6 Å². The fourth-order valence-corrected chi connectivity index (χ4v) is 2.50. The first kappa shape index (κ1) is 13.6. The fraction of sp³-hybridized carbons (Fsp3) is 0.385. The summed E-state index contributed by atoms with van der Waals surface area (Å²) in [5.74, 6) is 1.09. The predicted octanol–water partition coefficient (Wildman–Crippen LogP) is 4.89. The first-order chi connectivity index (χ1) is 8.61. The number of rotatable bonds is 4. The zero-order valence-electron chi connectivity index (χ0n) is 10.3. The topological polar surface area (TPSA) is 38.9 Å². The van der Waals surface area contributed by atoms with E-state index in [1.54, 1.807) is 0 Å². The van der Waals surface area contributed by atoms with Gasteiger partial charge in [-0.05, 0) is 37.1 Å². The van der Waals surface area contributed by atoms with Crippen LogP contribution in [0.4, 0.5) is 0 Å². The van der Waals surface area contributed by atoms with E-state index in [0.29, 0.717) is 11.7 Å². The molecule has 2 aromatic rings. The van der Waals surface area contributed by atoms with Crippen molar-refractivity contribution in [3.8, 4) is 11.5 Å². The molecule has 0 N–H and O–H groups in total. The molecule has 0 saturated heterocycles. The Morgan fingerprint density at radius 2 is 2.22 bits per heavy atom. The van der Waals surface area contributed by atoms with Crippen LogP contribution in [-0.4, -0.2) is 10.1 Å². The fourth-order valence-electron chi connectivity index (χ4n) is 1.72. The lowest BCUT2D eigenvalue weighted by molar-refractivity contribution is 0.420. The van der Waals surface area contributed by atoms with E-state index in [9.17, 15) is 0 Å². The van der Waals surface area contributed by atoms with Crippen molar-refractivity contribution >= 4 is 27.5 Å². The quantitative estimate of drug-likeness (QED) is 0.750. The van der Waals surface area contributed by atoms with Crippen LogP contribution in [0, 0.1) is 6.92 Å². The van der Waals surface area contributed by atoms with Crippen molar-refractivity contribution < 1.29 is 4.52 Å². The van der Waals surface area contributed by atoms with Crippen LogP contribution >= 0.6 is 27.5 Å². The molecule has 0 amide bonds. The molecule has 0 aliphatic rings. The summed E-state index contributed by atoms with van der Waals surface area (Å²) in [6.07, 6.45) is 1.84. The highest BCUT2D eigenvalue weighted by atomic mass is 79.9. The van der Waals surface area contributed by atoms with Crippen LogP contribution in [0.1, 0.15) is 36.5 Å². The van der Waals surface area contributed by atoms with Gasteiger partial charge in [-0.1, -0.05) is 34.4 Å². The van der Waals surface area contributed by atoms with E-state index in [1.165, 1.54) is 0 Å². The Morgan fingerprint density at radius 1 is 1.44 bits per heavy atom. The standard InChI is InChI=1S/C13H14BrClN2O/c1-3-4-11(15)12-16-13(18-17-12)10-6-5-9(14)7-8(10)2/h5-7,11H,3-4H2,1-2H3. The summed E-state index contributed by atoms with van der Waals surface area (Å²) < 4.78 is 6.31. The third-order valence-electron chi connectivity index (χ3n) is 2.68. The van der Waals surface area contributed by atoms with E-state index in [4.69, 9.17) is 16.1 Å². The Morgan fingerprint density at radius 3 is 2.89 bits per heavy atom. The molecule has 0 aliphatic carbocycles. The van der Waals surface area contributed by atoms with E-state index in [1.807, 2.05) is 25.1 Å². The average molecular weight is 330 g/mol. The lowest BCUT2D eigenvalue weighted by atomic mass is 10.1. The maximum absolute atomic E-state index is 6.18. The van der Waals surface area contributed by atoms with E-state index < -0.39 is 0 Å². The Hall–Kier alpha value is -0.870. The molecule has 1 aromatic heterocycles. The molecule has 1 aromatic carbocycles. The molecule has 0 saturated carbocycles. The van der Waals surface area contributed by atoms with Crippen molar-refractivity contribution in [2.24, 2.45) is 0 Å². The zero-order valence-corrected chi connectivity index (χ0v) is 12.6. The normalized spacial score (nSPS) is 12.7. The summed E-state index contributed by atoms with van der Waals surface area (Å²) in [6.45, 7) is 4.09. The highest BCUT2D eigenvalue weighted by Crippen LogP contribution is 2.28. The molecule has 3 nitrogen and oxygen atoms in total. The van der Waals surface area contributed by atoms with Crippen molar-refractivity contribution in [1.82, 2.24) is 10.1 Å². The van der Waals surface area contributed by atoms with Crippen LogP contribution in [0.25, 0.3) is 11.5 Å². The number of nitrogens with zero attached hydrogens (tertiary/aromatic N) is 2. The summed E-state index contributed by atoms with van der Waals surface area (Å²) in [7, 11) is 0.